The van der Waals surface area contributed by atoms with Gasteiger partial charge in [0.05, 0.1) is 21.4 Å². The molecular formula is C49H29F3N2O3S3. The maximum Gasteiger partial charge on any atom is 0.534 e. The number of hydrogen-bond acceptors (Lipinski definition) is 6. The molecule has 0 fully saturated rings. The number of benzene rings is 8. The fraction of sp³-hybridized carbons (Fsp3) is 0.0204. The van der Waals surface area contributed by atoms with Crippen LogP contribution in [0.15, 0.2) is 176 Å². The van der Waals surface area contributed by atoms with E-state index in [1.165, 1.54) is 23.5 Å². The zero-order valence-electron chi connectivity index (χ0n) is 31.2. The Morgan fingerprint density at radius 2 is 1.10 bits per heavy atom. The van der Waals surface area contributed by atoms with E-state index in [1.807, 2.05) is 108 Å². The molecule has 0 aliphatic heterocycles. The van der Waals surface area contributed by atoms with E-state index >= 15 is 0 Å². The van der Waals surface area contributed by atoms with Gasteiger partial charge in [-0.05, 0) is 96.1 Å². The summed E-state index contributed by atoms with van der Waals surface area (Å²) in [6, 6.07) is 57.5. The van der Waals surface area contributed by atoms with Crippen LogP contribution in [0, 0.1) is 0 Å². The zero-order chi connectivity index (χ0) is 40.8. The highest BCUT2D eigenvalue weighted by Crippen LogP contribution is 2.49. The Bertz CT molecular complexity index is 3600. The van der Waals surface area contributed by atoms with Crippen molar-refractivity contribution in [1.29, 1.82) is 0 Å². The molecule has 0 amide bonds. The van der Waals surface area contributed by atoms with Crippen LogP contribution in [0.2, 0.25) is 0 Å². The van der Waals surface area contributed by atoms with Crippen molar-refractivity contribution in [2.45, 2.75) is 5.51 Å². The van der Waals surface area contributed by atoms with Crippen LogP contribution >= 0.6 is 22.7 Å². The maximum absolute atomic E-state index is 13.9. The Labute approximate surface area is 349 Å². The molecule has 0 spiro atoms. The number of fused-ring (bicyclic) bond motifs is 9. The van der Waals surface area contributed by atoms with Crippen LogP contribution in [0.5, 0.6) is 5.75 Å². The molecule has 5 nitrogen and oxygen atoms in total. The molecule has 0 atom stereocenters. The molecular weight excluding hydrogens is 818 g/mol. The lowest BCUT2D eigenvalue weighted by molar-refractivity contribution is -0.0500. The second-order valence-corrected chi connectivity index (χ2v) is 18.2. The molecule has 3 aromatic heterocycles. The van der Waals surface area contributed by atoms with Crippen molar-refractivity contribution in [3.05, 3.63) is 176 Å². The van der Waals surface area contributed by atoms with Gasteiger partial charge in [0.2, 0.25) is 0 Å². The maximum atomic E-state index is 13.9. The molecule has 60 heavy (non-hydrogen) atoms. The number of aromatic nitrogens is 1. The summed E-state index contributed by atoms with van der Waals surface area (Å²) in [6.07, 6.45) is 0. The Kier molecular flexibility index (Phi) is 8.32. The summed E-state index contributed by atoms with van der Waals surface area (Å²) in [5.41, 5.74) is 1.36. The predicted octanol–water partition coefficient (Wildman–Crippen LogP) is 14.9. The summed E-state index contributed by atoms with van der Waals surface area (Å²) in [5.74, 6) is -0.446. The van der Waals surface area contributed by atoms with Crippen LogP contribution in [0.1, 0.15) is 0 Å². The number of para-hydroxylation sites is 3. The van der Waals surface area contributed by atoms with Crippen molar-refractivity contribution in [3.8, 4) is 22.6 Å². The molecule has 11 heteroatoms. The quantitative estimate of drug-likeness (QED) is 0.118. The summed E-state index contributed by atoms with van der Waals surface area (Å²) in [4.78, 5) is 1.95. The molecule has 0 bridgehead atoms. The lowest BCUT2D eigenvalue weighted by Gasteiger charge is -2.26. The lowest BCUT2D eigenvalue weighted by Crippen LogP contribution is -2.28. The fourth-order valence-corrected chi connectivity index (χ4v) is 11.0. The van der Waals surface area contributed by atoms with Crippen molar-refractivity contribution in [2.24, 2.45) is 0 Å². The summed E-state index contributed by atoms with van der Waals surface area (Å²) in [5, 5.41) is 5.61. The molecule has 0 saturated heterocycles. The molecule has 0 aliphatic carbocycles. The first-order valence-electron chi connectivity index (χ1n) is 19.0. The van der Waals surface area contributed by atoms with Crippen LogP contribution in [0.4, 0.5) is 30.2 Å². The molecule has 3 heterocycles. The van der Waals surface area contributed by atoms with Gasteiger partial charge in [-0.15, -0.1) is 22.7 Å². The number of anilines is 3. The summed E-state index contributed by atoms with van der Waals surface area (Å²) >= 11 is 3.16. The Hall–Kier alpha value is -6.66. The van der Waals surface area contributed by atoms with Gasteiger partial charge in [0.1, 0.15) is 5.75 Å². The summed E-state index contributed by atoms with van der Waals surface area (Å²) < 4.78 is 77.9. The normalized spacial score (nSPS) is 12.4. The molecule has 11 rings (SSSR count). The third-order valence-corrected chi connectivity index (χ3v) is 14.2. The minimum absolute atomic E-state index is 0.446. The topological polar surface area (TPSA) is 51.5 Å². The standard InChI is InChI=1S/C49H29F3N2O3S3/c50-49(51,52)60(55,56)57-35-28-41-39-26-31(30-19-22-43-38(25-30)36-15-7-9-17-42(36)54(43)33-13-5-2-6-14-33)20-23-47(39)59-48(41)44(29-35)53(32-11-3-1-4-12-32)34-21-24-46-40(27-34)37-16-8-10-18-45(37)58-46/h1-29H. The third-order valence-electron chi connectivity index (χ3n) is 10.9. The zero-order valence-corrected chi connectivity index (χ0v) is 33.7. The van der Waals surface area contributed by atoms with E-state index in [0.717, 1.165) is 85.0 Å². The highest BCUT2D eigenvalue weighted by atomic mass is 32.2. The first-order valence-corrected chi connectivity index (χ1v) is 22.0. The number of nitrogens with zero attached hydrogens (tertiary/aromatic N) is 2. The van der Waals surface area contributed by atoms with Gasteiger partial charge in [0.25, 0.3) is 0 Å². The molecule has 0 aliphatic rings. The summed E-state index contributed by atoms with van der Waals surface area (Å²) in [6.45, 7) is 0. The number of halogens is 3. The van der Waals surface area contributed by atoms with Gasteiger partial charge in [0.15, 0.2) is 0 Å². The van der Waals surface area contributed by atoms with Crippen molar-refractivity contribution in [2.75, 3.05) is 4.90 Å². The Balaban J connectivity index is 1.13. The van der Waals surface area contributed by atoms with E-state index < -0.39 is 21.4 Å². The van der Waals surface area contributed by atoms with Gasteiger partial charge < -0.3 is 13.7 Å². The van der Waals surface area contributed by atoms with Crippen molar-refractivity contribution >= 4 is 112 Å². The van der Waals surface area contributed by atoms with Gasteiger partial charge in [-0.25, -0.2) is 0 Å². The van der Waals surface area contributed by atoms with Gasteiger partial charge in [-0.1, -0.05) is 84.9 Å². The highest BCUT2D eigenvalue weighted by molar-refractivity contribution is 7.88. The number of thiophene rings is 2. The average molecular weight is 847 g/mol. The highest BCUT2D eigenvalue weighted by Gasteiger charge is 2.48. The Morgan fingerprint density at radius 1 is 0.500 bits per heavy atom. The SMILES string of the molecule is O=S(=O)(Oc1cc(N(c2ccccc2)c2ccc3sc4ccccc4c3c2)c2sc3ccc(-c4ccc5c(c4)c4ccccc4n5-c4ccccc4)cc3c2c1)C(F)(F)F. The smallest absolute Gasteiger partial charge is 0.376 e. The molecule has 11 aromatic rings. The number of hydrogen-bond donors (Lipinski definition) is 0. The number of alkyl halides is 3. The third kappa shape index (κ3) is 5.91. The Morgan fingerprint density at radius 3 is 1.88 bits per heavy atom. The van der Waals surface area contributed by atoms with E-state index in [1.54, 1.807) is 11.3 Å². The minimum Gasteiger partial charge on any atom is -0.376 e. The van der Waals surface area contributed by atoms with Crippen molar-refractivity contribution in [3.63, 3.8) is 0 Å². The van der Waals surface area contributed by atoms with E-state index in [0.29, 0.717) is 11.1 Å². The molecule has 292 valence electrons. The van der Waals surface area contributed by atoms with Gasteiger partial charge in [-0.2, -0.15) is 21.6 Å². The fourth-order valence-electron chi connectivity index (χ4n) is 8.27. The van der Waals surface area contributed by atoms with Crippen LogP contribution in [-0.2, 0) is 10.1 Å². The van der Waals surface area contributed by atoms with Crippen LogP contribution in [0.25, 0.3) is 79.0 Å². The average Bonchev–Trinajstić information content (AvgIpc) is 3.93. The van der Waals surface area contributed by atoms with Crippen molar-refractivity contribution < 1.29 is 25.8 Å². The molecule has 0 saturated carbocycles. The second kappa shape index (κ2) is 13.7. The molecule has 0 N–H and O–H groups in total. The largest absolute Gasteiger partial charge is 0.534 e. The molecule has 8 aromatic carbocycles. The van der Waals surface area contributed by atoms with Crippen molar-refractivity contribution in [1.82, 2.24) is 4.57 Å². The van der Waals surface area contributed by atoms with Crippen LogP contribution in [0.3, 0.4) is 0 Å². The van der Waals surface area contributed by atoms with Gasteiger partial charge in [-0.3, -0.25) is 0 Å². The van der Waals surface area contributed by atoms with Gasteiger partial charge in [0, 0.05) is 69.5 Å². The van der Waals surface area contributed by atoms with Crippen LogP contribution < -0.4 is 9.08 Å². The van der Waals surface area contributed by atoms with E-state index in [9.17, 15) is 21.6 Å². The molecule has 0 unspecified atom stereocenters. The monoisotopic (exact) mass is 846 g/mol. The lowest BCUT2D eigenvalue weighted by atomic mass is 10.0. The van der Waals surface area contributed by atoms with E-state index in [2.05, 4.69) is 65.2 Å². The number of rotatable bonds is 7. The second-order valence-electron chi connectivity index (χ2n) is 14.5. The summed E-state index contributed by atoms with van der Waals surface area (Å²) in [7, 11) is -6.00. The van der Waals surface area contributed by atoms with E-state index in [4.69, 9.17) is 4.18 Å². The van der Waals surface area contributed by atoms with Gasteiger partial charge >= 0.3 is 15.6 Å². The predicted molar refractivity (Wildman–Crippen MR) is 242 cm³/mol. The van der Waals surface area contributed by atoms with E-state index in [-0.39, 0.29) is 0 Å². The first-order chi connectivity index (χ1) is 29.1. The molecule has 0 radical (unpaired) electrons. The first kappa shape index (κ1) is 36.4. The van der Waals surface area contributed by atoms with Crippen LogP contribution in [-0.4, -0.2) is 18.5 Å². The minimum atomic E-state index is -6.00.